The molecule has 0 fully saturated rings. The number of fused-ring (bicyclic) bond motifs is 1. The van der Waals surface area contributed by atoms with Crippen LogP contribution in [0.3, 0.4) is 0 Å². The number of hydrogen-bond donors (Lipinski definition) is 0. The summed E-state index contributed by atoms with van der Waals surface area (Å²) in [5.41, 5.74) is 4.51. The van der Waals surface area contributed by atoms with Crippen LogP contribution in [0, 0.1) is 0 Å². The fourth-order valence-electron chi connectivity index (χ4n) is 3.14. The number of imidazole rings is 1. The first-order chi connectivity index (χ1) is 12.6. The second kappa shape index (κ2) is 6.72. The highest BCUT2D eigenvalue weighted by Crippen LogP contribution is 2.23. The predicted molar refractivity (Wildman–Crippen MR) is 102 cm³/mol. The summed E-state index contributed by atoms with van der Waals surface area (Å²) in [6, 6.07) is 17.1. The highest BCUT2D eigenvalue weighted by atomic mass is 15.3. The van der Waals surface area contributed by atoms with Crippen molar-refractivity contribution in [1.82, 2.24) is 29.2 Å². The van der Waals surface area contributed by atoms with Crippen LogP contribution in [-0.2, 0) is 13.6 Å². The zero-order valence-electron chi connectivity index (χ0n) is 15.2. The van der Waals surface area contributed by atoms with Gasteiger partial charge in [0, 0.05) is 18.8 Å². The van der Waals surface area contributed by atoms with Crippen molar-refractivity contribution in [3.63, 3.8) is 0 Å². The van der Waals surface area contributed by atoms with E-state index in [1.165, 1.54) is 5.56 Å². The van der Waals surface area contributed by atoms with Crippen LogP contribution < -0.4 is 0 Å². The molecule has 0 radical (unpaired) electrons. The summed E-state index contributed by atoms with van der Waals surface area (Å²) in [6.07, 6.45) is 3.61. The maximum absolute atomic E-state index is 4.47. The highest BCUT2D eigenvalue weighted by Gasteiger charge is 2.14. The minimum atomic E-state index is 0.278. The Kier molecular flexibility index (Phi) is 4.26. The molecular weight excluding hydrogens is 324 g/mol. The van der Waals surface area contributed by atoms with Crippen LogP contribution in [0.5, 0.6) is 0 Å². The van der Waals surface area contributed by atoms with Crippen molar-refractivity contribution in [2.45, 2.75) is 19.5 Å². The molecule has 0 saturated heterocycles. The van der Waals surface area contributed by atoms with Gasteiger partial charge in [0.1, 0.15) is 18.5 Å². The molecule has 1 atom stereocenters. The van der Waals surface area contributed by atoms with E-state index in [0.717, 1.165) is 29.1 Å². The van der Waals surface area contributed by atoms with Crippen LogP contribution in [-0.4, -0.2) is 36.3 Å². The lowest BCUT2D eigenvalue weighted by Gasteiger charge is -2.24. The molecule has 2 aromatic carbocycles. The summed E-state index contributed by atoms with van der Waals surface area (Å²) in [7, 11) is 4.08. The summed E-state index contributed by atoms with van der Waals surface area (Å²) in [5, 5.41) is 8.12. The minimum absolute atomic E-state index is 0.278. The first-order valence-electron chi connectivity index (χ1n) is 8.69. The highest BCUT2D eigenvalue weighted by molar-refractivity contribution is 5.77. The first kappa shape index (κ1) is 16.5. The van der Waals surface area contributed by atoms with Crippen LogP contribution in [0.25, 0.3) is 16.7 Å². The van der Waals surface area contributed by atoms with E-state index in [1.807, 2.05) is 36.1 Å². The number of aromatic nitrogens is 5. The van der Waals surface area contributed by atoms with Gasteiger partial charge in [-0.05, 0) is 43.8 Å². The van der Waals surface area contributed by atoms with Crippen molar-refractivity contribution in [2.24, 2.45) is 7.05 Å². The summed E-state index contributed by atoms with van der Waals surface area (Å²) >= 11 is 0. The normalized spacial score (nSPS) is 12.8. The molecule has 6 nitrogen and oxygen atoms in total. The topological polar surface area (TPSA) is 51.8 Å². The Bertz CT molecular complexity index is 1010. The summed E-state index contributed by atoms with van der Waals surface area (Å²) in [6.45, 7) is 2.96. The molecule has 2 aromatic heterocycles. The number of rotatable bonds is 5. The fourth-order valence-corrected chi connectivity index (χ4v) is 3.14. The minimum Gasteiger partial charge on any atom is -0.320 e. The maximum atomic E-state index is 4.47. The molecule has 0 aliphatic rings. The van der Waals surface area contributed by atoms with E-state index in [1.54, 1.807) is 6.33 Å². The van der Waals surface area contributed by atoms with Gasteiger partial charge in [0.25, 0.3) is 0 Å². The van der Waals surface area contributed by atoms with Crippen LogP contribution in [0.4, 0.5) is 0 Å². The largest absolute Gasteiger partial charge is 0.320 e. The number of benzene rings is 2. The second-order valence-electron chi connectivity index (χ2n) is 6.64. The molecule has 6 heteroatoms. The predicted octanol–water partition coefficient (Wildman–Crippen LogP) is 3.35. The lowest BCUT2D eigenvalue weighted by atomic mass is 10.1. The zero-order chi connectivity index (χ0) is 18.1. The van der Waals surface area contributed by atoms with E-state index in [4.69, 9.17) is 0 Å². The monoisotopic (exact) mass is 346 g/mol. The van der Waals surface area contributed by atoms with Crippen molar-refractivity contribution in [2.75, 3.05) is 7.05 Å². The molecule has 26 heavy (non-hydrogen) atoms. The molecule has 4 rings (SSSR count). The fraction of sp³-hybridized carbons (Fsp3) is 0.250. The van der Waals surface area contributed by atoms with Gasteiger partial charge in [-0.25, -0.2) is 4.98 Å². The SMILES string of the molecule is CC(c1ccc(-n2cnc3ccccc32)cc1)N(C)Cc1nncn1C. The van der Waals surface area contributed by atoms with Crippen LogP contribution in [0.15, 0.2) is 61.2 Å². The Morgan fingerprint density at radius 2 is 1.81 bits per heavy atom. The molecule has 0 bridgehead atoms. The molecule has 132 valence electrons. The lowest BCUT2D eigenvalue weighted by molar-refractivity contribution is 0.244. The Hall–Kier alpha value is -2.99. The van der Waals surface area contributed by atoms with Gasteiger partial charge in [0.05, 0.1) is 17.6 Å². The van der Waals surface area contributed by atoms with E-state index < -0.39 is 0 Å². The van der Waals surface area contributed by atoms with E-state index in [9.17, 15) is 0 Å². The molecule has 0 amide bonds. The average molecular weight is 346 g/mol. The lowest BCUT2D eigenvalue weighted by Crippen LogP contribution is -2.23. The van der Waals surface area contributed by atoms with Crippen LogP contribution in [0.1, 0.15) is 24.4 Å². The number of para-hydroxylation sites is 2. The number of aryl methyl sites for hydroxylation is 1. The number of nitrogens with zero attached hydrogens (tertiary/aromatic N) is 6. The quantitative estimate of drug-likeness (QED) is 0.556. The Labute approximate surface area is 152 Å². The van der Waals surface area contributed by atoms with Gasteiger partial charge in [-0.2, -0.15) is 0 Å². The van der Waals surface area contributed by atoms with Crippen molar-refractivity contribution >= 4 is 11.0 Å². The molecule has 0 aliphatic carbocycles. The van der Waals surface area contributed by atoms with Gasteiger partial charge < -0.3 is 4.57 Å². The summed E-state index contributed by atoms with van der Waals surface area (Å²) in [4.78, 5) is 6.74. The van der Waals surface area contributed by atoms with Crippen LogP contribution >= 0.6 is 0 Å². The average Bonchev–Trinajstić information content (AvgIpc) is 3.28. The van der Waals surface area contributed by atoms with Gasteiger partial charge >= 0.3 is 0 Å². The van der Waals surface area contributed by atoms with Crippen molar-refractivity contribution in [1.29, 1.82) is 0 Å². The van der Waals surface area contributed by atoms with Gasteiger partial charge in [-0.1, -0.05) is 24.3 Å². The van der Waals surface area contributed by atoms with Crippen LogP contribution in [0.2, 0.25) is 0 Å². The standard InChI is InChI=1S/C20H22N6/c1-15(24(2)12-20-23-22-14-25(20)3)16-8-10-17(11-9-16)26-13-21-18-6-4-5-7-19(18)26/h4-11,13-15H,12H2,1-3H3. The smallest absolute Gasteiger partial charge is 0.146 e. The molecule has 0 spiro atoms. The molecule has 2 heterocycles. The van der Waals surface area contributed by atoms with Crippen molar-refractivity contribution < 1.29 is 0 Å². The summed E-state index contributed by atoms with van der Waals surface area (Å²) < 4.78 is 4.07. The van der Waals surface area contributed by atoms with Gasteiger partial charge in [-0.3, -0.25) is 9.47 Å². The number of hydrogen-bond acceptors (Lipinski definition) is 4. The molecule has 0 aliphatic heterocycles. The zero-order valence-corrected chi connectivity index (χ0v) is 15.2. The van der Waals surface area contributed by atoms with Crippen molar-refractivity contribution in [3.8, 4) is 5.69 Å². The second-order valence-corrected chi connectivity index (χ2v) is 6.64. The van der Waals surface area contributed by atoms with E-state index in [-0.39, 0.29) is 6.04 Å². The van der Waals surface area contributed by atoms with Gasteiger partial charge in [-0.15, -0.1) is 10.2 Å². The van der Waals surface area contributed by atoms with E-state index in [0.29, 0.717) is 0 Å². The third-order valence-electron chi connectivity index (χ3n) is 4.96. The molecule has 1 unspecified atom stereocenters. The Morgan fingerprint density at radius 1 is 1.04 bits per heavy atom. The van der Waals surface area contributed by atoms with Gasteiger partial charge in [0.15, 0.2) is 0 Å². The third-order valence-corrected chi connectivity index (χ3v) is 4.96. The van der Waals surface area contributed by atoms with Gasteiger partial charge in [0.2, 0.25) is 0 Å². The Balaban J connectivity index is 1.54. The molecule has 4 aromatic rings. The molecule has 0 saturated carbocycles. The maximum Gasteiger partial charge on any atom is 0.146 e. The van der Waals surface area contributed by atoms with E-state index in [2.05, 4.69) is 69.0 Å². The first-order valence-corrected chi connectivity index (χ1v) is 8.69. The Morgan fingerprint density at radius 3 is 2.54 bits per heavy atom. The molecular formula is C20H22N6. The van der Waals surface area contributed by atoms with Crippen molar-refractivity contribution in [3.05, 3.63) is 72.6 Å². The third kappa shape index (κ3) is 2.99. The summed E-state index contributed by atoms with van der Waals surface area (Å²) in [5.74, 6) is 0.959. The molecule has 0 N–H and O–H groups in total. The van der Waals surface area contributed by atoms with E-state index >= 15 is 0 Å².